The van der Waals surface area contributed by atoms with Gasteiger partial charge in [-0.3, -0.25) is 18.6 Å². The van der Waals surface area contributed by atoms with Crippen molar-refractivity contribution in [1.82, 2.24) is 14.5 Å². The highest BCUT2D eigenvalue weighted by atomic mass is 32.2. The first-order valence-electron chi connectivity index (χ1n) is 14.5. The lowest BCUT2D eigenvalue weighted by Gasteiger charge is -2.41. The Bertz CT molecular complexity index is 1900. The van der Waals surface area contributed by atoms with Crippen LogP contribution >= 0.6 is 0 Å². The number of rotatable bonds is 15. The fourth-order valence-corrected chi connectivity index (χ4v) is 7.55. The first kappa shape index (κ1) is 36.4. The van der Waals surface area contributed by atoms with Gasteiger partial charge in [-0.15, -0.1) is 0 Å². The number of nitrogens with zero attached hydrogens (tertiary/aromatic N) is 4. The lowest BCUT2D eigenvalue weighted by atomic mass is 10.1. The molecule has 0 radical (unpaired) electrons. The summed E-state index contributed by atoms with van der Waals surface area (Å²) in [5.41, 5.74) is 3.00. The summed E-state index contributed by atoms with van der Waals surface area (Å²) in [4.78, 5) is 10.8. The third-order valence-corrected chi connectivity index (χ3v) is 9.69. The number of quaternary nitrogens is 1. The van der Waals surface area contributed by atoms with Crippen LogP contribution in [0.15, 0.2) is 73.1 Å². The molecular formula is C32H39N4O10S2+. The number of anilines is 1. The Hall–Kier alpha value is -4.48. The van der Waals surface area contributed by atoms with Gasteiger partial charge in [0.05, 0.1) is 82.6 Å². The molecule has 48 heavy (non-hydrogen) atoms. The SMILES string of the molecule is COc1cccc(OC)c1-c1ccc(N(C)CC(CS(=O)(=O)O)[N+](C)(CS(=O)(=O)O)c2ccc(-c3c(OC)cccc3OC)nc2)cn1. The number of hydrogen-bond donors (Lipinski definition) is 2. The maximum absolute atomic E-state index is 12.4. The fraction of sp³-hybridized carbons (Fsp3) is 0.312. The summed E-state index contributed by atoms with van der Waals surface area (Å²) < 4.78 is 90.9. The van der Waals surface area contributed by atoms with E-state index in [0.717, 1.165) is 0 Å². The predicted octanol–water partition coefficient (Wildman–Crippen LogP) is 4.02. The van der Waals surface area contributed by atoms with E-state index in [9.17, 15) is 25.9 Å². The van der Waals surface area contributed by atoms with Crippen LogP contribution in [-0.4, -0.2) is 103 Å². The van der Waals surface area contributed by atoms with Crippen LogP contribution in [0.3, 0.4) is 0 Å². The Balaban J connectivity index is 1.74. The Kier molecular flexibility index (Phi) is 11.2. The van der Waals surface area contributed by atoms with E-state index in [2.05, 4.69) is 9.97 Å². The van der Waals surface area contributed by atoms with Crippen molar-refractivity contribution in [2.75, 3.05) is 65.6 Å². The second-order valence-electron chi connectivity index (χ2n) is 11.1. The van der Waals surface area contributed by atoms with E-state index in [1.165, 1.54) is 41.7 Å². The van der Waals surface area contributed by atoms with Gasteiger partial charge in [0.2, 0.25) is 5.88 Å². The molecule has 4 rings (SSSR count). The summed E-state index contributed by atoms with van der Waals surface area (Å²) in [6.07, 6.45) is 2.95. The highest BCUT2D eigenvalue weighted by Crippen LogP contribution is 2.39. The van der Waals surface area contributed by atoms with Crippen LogP contribution in [0, 0.1) is 0 Å². The molecule has 2 atom stereocenters. The molecule has 0 saturated carbocycles. The van der Waals surface area contributed by atoms with E-state index in [1.54, 1.807) is 78.8 Å². The van der Waals surface area contributed by atoms with Gasteiger partial charge in [-0.25, -0.2) is 4.98 Å². The van der Waals surface area contributed by atoms with Gasteiger partial charge in [0.15, 0.2) is 5.69 Å². The molecule has 2 N–H and O–H groups in total. The van der Waals surface area contributed by atoms with Gasteiger partial charge in [-0.05, 0) is 42.5 Å². The molecule has 0 spiro atoms. The Labute approximate surface area is 280 Å². The largest absolute Gasteiger partial charge is 0.496 e. The van der Waals surface area contributed by atoms with Crippen LogP contribution in [0.4, 0.5) is 11.4 Å². The van der Waals surface area contributed by atoms with Crippen molar-refractivity contribution in [1.29, 1.82) is 0 Å². The number of methoxy groups -OCH3 is 4. The number of benzene rings is 2. The minimum absolute atomic E-state index is 0.0904. The molecule has 0 saturated heterocycles. The normalized spacial score (nSPS) is 13.7. The lowest BCUT2D eigenvalue weighted by molar-refractivity contribution is 0.283. The summed E-state index contributed by atoms with van der Waals surface area (Å²) in [6.45, 7) is -0.0904. The zero-order valence-electron chi connectivity index (χ0n) is 27.4. The highest BCUT2D eigenvalue weighted by molar-refractivity contribution is 7.86. The highest BCUT2D eigenvalue weighted by Gasteiger charge is 2.42. The lowest BCUT2D eigenvalue weighted by Crippen LogP contribution is -2.62. The first-order valence-corrected chi connectivity index (χ1v) is 17.7. The summed E-state index contributed by atoms with van der Waals surface area (Å²) in [7, 11) is -0.130. The average molecular weight is 704 g/mol. The Morgan fingerprint density at radius 3 is 1.52 bits per heavy atom. The standard InChI is InChI=1S/C32H38N4O10S2/c1-35(22-13-15-25(33-17-22)31-27(43-3)9-7-10-28(31)44-4)19-24(20-47(37,38)39)36(2,21-48(40,41)42)23-14-16-26(34-18-23)32-29(45-5)11-8-12-30(32)46-6/h7-18,24H,19-21H2,1-6H3,(H-,37,38,39,40,41,42)/p+1. The predicted molar refractivity (Wildman–Crippen MR) is 183 cm³/mol. The number of likely N-dealkylation sites (N-methyl/N-ethyl adjacent to an activating group) is 2. The van der Waals surface area contributed by atoms with Crippen molar-refractivity contribution in [3.8, 4) is 45.5 Å². The van der Waals surface area contributed by atoms with Crippen LogP contribution in [0.2, 0.25) is 0 Å². The molecule has 0 aliphatic heterocycles. The molecule has 2 aromatic carbocycles. The van der Waals surface area contributed by atoms with E-state index in [-0.39, 0.29) is 12.2 Å². The van der Waals surface area contributed by atoms with Gasteiger partial charge >= 0.3 is 10.1 Å². The van der Waals surface area contributed by atoms with Crippen molar-refractivity contribution < 1.29 is 44.9 Å². The van der Waals surface area contributed by atoms with E-state index in [0.29, 0.717) is 51.2 Å². The van der Waals surface area contributed by atoms with Crippen molar-refractivity contribution in [2.24, 2.45) is 0 Å². The minimum Gasteiger partial charge on any atom is -0.496 e. The molecule has 2 heterocycles. The van der Waals surface area contributed by atoms with E-state index in [1.807, 2.05) is 0 Å². The molecule has 2 aromatic heterocycles. The number of hydrogen-bond acceptors (Lipinski definition) is 11. The van der Waals surface area contributed by atoms with Gasteiger partial charge in [-0.1, -0.05) is 12.1 Å². The second kappa shape index (κ2) is 14.7. The van der Waals surface area contributed by atoms with Crippen LogP contribution in [0.25, 0.3) is 22.5 Å². The third-order valence-electron chi connectivity index (χ3n) is 8.02. The summed E-state index contributed by atoms with van der Waals surface area (Å²) in [5.74, 6) is 0.329. The Morgan fingerprint density at radius 2 is 1.17 bits per heavy atom. The monoisotopic (exact) mass is 703 g/mol. The van der Waals surface area contributed by atoms with Gasteiger partial charge in [0, 0.05) is 13.1 Å². The summed E-state index contributed by atoms with van der Waals surface area (Å²) >= 11 is 0. The van der Waals surface area contributed by atoms with Crippen LogP contribution in [-0.2, 0) is 20.2 Å². The van der Waals surface area contributed by atoms with Crippen molar-refractivity contribution >= 4 is 31.6 Å². The first-order chi connectivity index (χ1) is 22.6. The van der Waals surface area contributed by atoms with E-state index < -0.39 is 42.4 Å². The molecule has 0 amide bonds. The van der Waals surface area contributed by atoms with Crippen molar-refractivity contribution in [2.45, 2.75) is 6.04 Å². The molecule has 0 bridgehead atoms. The third kappa shape index (κ3) is 8.32. The number of ether oxygens (including phenoxy) is 4. The molecule has 258 valence electrons. The molecule has 2 unspecified atom stereocenters. The van der Waals surface area contributed by atoms with Gasteiger partial charge < -0.3 is 23.8 Å². The zero-order valence-corrected chi connectivity index (χ0v) is 29.0. The van der Waals surface area contributed by atoms with E-state index >= 15 is 0 Å². The molecule has 14 nitrogen and oxygen atoms in total. The molecule has 4 aromatic rings. The van der Waals surface area contributed by atoms with Crippen molar-refractivity contribution in [3.05, 3.63) is 73.1 Å². The average Bonchev–Trinajstić information content (AvgIpc) is 3.05. The van der Waals surface area contributed by atoms with Gasteiger partial charge in [0.25, 0.3) is 10.1 Å². The van der Waals surface area contributed by atoms with E-state index in [4.69, 9.17) is 18.9 Å². The summed E-state index contributed by atoms with van der Waals surface area (Å²) in [6, 6.07) is 16.1. The maximum Gasteiger partial charge on any atom is 0.316 e. The maximum atomic E-state index is 12.4. The van der Waals surface area contributed by atoms with Crippen molar-refractivity contribution in [3.63, 3.8) is 0 Å². The zero-order chi connectivity index (χ0) is 35.3. The summed E-state index contributed by atoms with van der Waals surface area (Å²) in [5, 5.41) is 0. The molecular weight excluding hydrogens is 665 g/mol. The quantitative estimate of drug-likeness (QED) is 0.134. The number of aromatic nitrogens is 2. The second-order valence-corrected chi connectivity index (χ2v) is 14.1. The van der Waals surface area contributed by atoms with Crippen LogP contribution in [0.5, 0.6) is 23.0 Å². The smallest absolute Gasteiger partial charge is 0.316 e. The van der Waals surface area contributed by atoms with Crippen LogP contribution in [0.1, 0.15) is 0 Å². The molecule has 16 heteroatoms. The molecule has 0 fully saturated rings. The van der Waals surface area contributed by atoms with Crippen LogP contribution < -0.4 is 28.3 Å². The Morgan fingerprint density at radius 1 is 0.708 bits per heavy atom. The van der Waals surface area contributed by atoms with Gasteiger partial charge in [0.1, 0.15) is 34.8 Å². The topological polar surface area (TPSA) is 175 Å². The number of pyridine rings is 2. The molecule has 0 aliphatic carbocycles. The van der Waals surface area contributed by atoms with Gasteiger partial charge in [-0.2, -0.15) is 16.8 Å². The minimum atomic E-state index is -4.69. The fourth-order valence-electron chi connectivity index (χ4n) is 5.59. The molecule has 0 aliphatic rings.